The molecule has 90 valence electrons. The maximum Gasteiger partial charge on any atom is 0.243 e. The third-order valence-electron chi connectivity index (χ3n) is 4.26. The highest BCUT2D eigenvalue weighted by molar-refractivity contribution is 5.91. The predicted molar refractivity (Wildman–Crippen MR) is 61.9 cm³/mol. The summed E-state index contributed by atoms with van der Waals surface area (Å²) in [5.41, 5.74) is -0.111. The molecule has 2 aliphatic heterocycles. The molecule has 3 fully saturated rings. The monoisotopic (exact) mass is 223 g/mol. The smallest absolute Gasteiger partial charge is 0.243 e. The molecule has 3 rings (SSSR count). The van der Waals surface area contributed by atoms with Crippen molar-refractivity contribution in [2.75, 3.05) is 33.4 Å². The van der Waals surface area contributed by atoms with E-state index >= 15 is 0 Å². The van der Waals surface area contributed by atoms with E-state index in [2.05, 4.69) is 17.3 Å². The minimum Gasteiger partial charge on any atom is -0.328 e. The second-order valence-electron chi connectivity index (χ2n) is 5.72. The molecule has 0 bridgehead atoms. The topological polar surface area (TPSA) is 35.6 Å². The molecule has 0 radical (unpaired) electrons. The van der Waals surface area contributed by atoms with E-state index in [1.54, 1.807) is 0 Å². The van der Waals surface area contributed by atoms with Gasteiger partial charge in [0, 0.05) is 13.1 Å². The van der Waals surface area contributed by atoms with Gasteiger partial charge in [0.25, 0.3) is 0 Å². The van der Waals surface area contributed by atoms with Gasteiger partial charge in [-0.2, -0.15) is 0 Å². The summed E-state index contributed by atoms with van der Waals surface area (Å²) in [5, 5.41) is 3.37. The molecule has 16 heavy (non-hydrogen) atoms. The fourth-order valence-corrected chi connectivity index (χ4v) is 3.09. The lowest BCUT2D eigenvalue weighted by molar-refractivity contribution is -0.130. The lowest BCUT2D eigenvalue weighted by Crippen LogP contribution is -2.41. The van der Waals surface area contributed by atoms with Crippen molar-refractivity contribution in [3.05, 3.63) is 0 Å². The normalized spacial score (nSPS) is 33.7. The largest absolute Gasteiger partial charge is 0.328 e. The Bertz CT molecular complexity index is 301. The number of carbonyl (C=O) groups is 1. The van der Waals surface area contributed by atoms with E-state index < -0.39 is 0 Å². The van der Waals surface area contributed by atoms with Gasteiger partial charge in [-0.1, -0.05) is 0 Å². The Labute approximate surface area is 97.0 Å². The Morgan fingerprint density at radius 1 is 1.50 bits per heavy atom. The Morgan fingerprint density at radius 2 is 2.31 bits per heavy atom. The van der Waals surface area contributed by atoms with Crippen LogP contribution >= 0.6 is 0 Å². The summed E-state index contributed by atoms with van der Waals surface area (Å²) in [7, 11) is 2.18. The molecule has 1 amide bonds. The van der Waals surface area contributed by atoms with E-state index in [1.165, 1.54) is 19.4 Å². The zero-order valence-corrected chi connectivity index (χ0v) is 10.0. The number of amides is 1. The molecule has 4 heteroatoms. The van der Waals surface area contributed by atoms with Gasteiger partial charge in [0.05, 0.1) is 12.2 Å². The zero-order chi connectivity index (χ0) is 11.2. The zero-order valence-electron chi connectivity index (χ0n) is 10.0. The Hall–Kier alpha value is -0.610. The van der Waals surface area contributed by atoms with Crippen LogP contribution in [0.1, 0.15) is 25.7 Å². The average Bonchev–Trinajstić information content (AvgIpc) is 2.98. The molecule has 4 nitrogen and oxygen atoms in total. The van der Waals surface area contributed by atoms with Crippen LogP contribution in [-0.2, 0) is 4.79 Å². The summed E-state index contributed by atoms with van der Waals surface area (Å²) in [4.78, 5) is 16.5. The van der Waals surface area contributed by atoms with Gasteiger partial charge in [-0.15, -0.1) is 0 Å². The second kappa shape index (κ2) is 3.70. The summed E-state index contributed by atoms with van der Waals surface area (Å²) >= 11 is 0. The second-order valence-corrected chi connectivity index (χ2v) is 5.72. The van der Waals surface area contributed by atoms with Gasteiger partial charge in [-0.05, 0) is 45.2 Å². The molecule has 1 saturated carbocycles. The molecule has 0 aromatic heterocycles. The maximum absolute atomic E-state index is 12.1. The summed E-state index contributed by atoms with van der Waals surface area (Å²) in [5.74, 6) is 1.04. The quantitative estimate of drug-likeness (QED) is 0.729. The number of piperidine rings is 1. The van der Waals surface area contributed by atoms with Gasteiger partial charge >= 0.3 is 0 Å². The Kier molecular flexibility index (Phi) is 2.44. The van der Waals surface area contributed by atoms with Gasteiger partial charge < -0.3 is 9.80 Å². The highest BCUT2D eigenvalue weighted by Gasteiger charge is 2.55. The molecular weight excluding hydrogens is 202 g/mol. The predicted octanol–water partition coefficient (Wildman–Crippen LogP) is 0.250. The fourth-order valence-electron chi connectivity index (χ4n) is 3.09. The molecule has 1 aliphatic carbocycles. The summed E-state index contributed by atoms with van der Waals surface area (Å²) in [6.07, 6.45) is 4.66. The van der Waals surface area contributed by atoms with Gasteiger partial charge in [0.1, 0.15) is 0 Å². The first kappa shape index (κ1) is 10.5. The number of nitrogens with one attached hydrogen (secondary N) is 1. The Morgan fingerprint density at radius 3 is 2.94 bits per heavy atom. The SMILES string of the molecule is CN1CCCC(CN2CNC3(CC3)C2=O)C1. The van der Waals surface area contributed by atoms with E-state index in [4.69, 9.17) is 0 Å². The maximum atomic E-state index is 12.1. The van der Waals surface area contributed by atoms with Crippen LogP contribution in [0.2, 0.25) is 0 Å². The molecule has 2 saturated heterocycles. The highest BCUT2D eigenvalue weighted by Crippen LogP contribution is 2.40. The van der Waals surface area contributed by atoms with Crippen molar-refractivity contribution in [3.8, 4) is 0 Å². The average molecular weight is 223 g/mol. The van der Waals surface area contributed by atoms with Crippen LogP contribution in [0.3, 0.4) is 0 Å². The van der Waals surface area contributed by atoms with Crippen LogP contribution in [0.15, 0.2) is 0 Å². The van der Waals surface area contributed by atoms with Gasteiger partial charge in [0.15, 0.2) is 0 Å². The summed E-state index contributed by atoms with van der Waals surface area (Å²) in [6, 6.07) is 0. The summed E-state index contributed by atoms with van der Waals surface area (Å²) in [6.45, 7) is 4.10. The van der Waals surface area contributed by atoms with E-state index in [-0.39, 0.29) is 5.54 Å². The van der Waals surface area contributed by atoms with Crippen molar-refractivity contribution in [2.45, 2.75) is 31.2 Å². The third kappa shape index (κ3) is 1.74. The minimum atomic E-state index is -0.111. The van der Waals surface area contributed by atoms with E-state index in [9.17, 15) is 4.79 Å². The van der Waals surface area contributed by atoms with Crippen molar-refractivity contribution in [1.29, 1.82) is 0 Å². The van der Waals surface area contributed by atoms with Crippen molar-refractivity contribution in [3.63, 3.8) is 0 Å². The molecule has 1 N–H and O–H groups in total. The molecular formula is C12H21N3O. The van der Waals surface area contributed by atoms with Crippen LogP contribution in [0.5, 0.6) is 0 Å². The summed E-state index contributed by atoms with van der Waals surface area (Å²) < 4.78 is 0. The van der Waals surface area contributed by atoms with Crippen LogP contribution in [0.25, 0.3) is 0 Å². The number of likely N-dealkylation sites (tertiary alicyclic amines) is 1. The fraction of sp³-hybridized carbons (Fsp3) is 0.917. The molecule has 1 spiro atoms. The van der Waals surface area contributed by atoms with Crippen LogP contribution < -0.4 is 5.32 Å². The van der Waals surface area contributed by atoms with E-state index in [0.717, 1.165) is 32.6 Å². The highest BCUT2D eigenvalue weighted by atomic mass is 16.2. The number of hydrogen-bond donors (Lipinski definition) is 1. The van der Waals surface area contributed by atoms with Gasteiger partial charge in [0.2, 0.25) is 5.91 Å². The van der Waals surface area contributed by atoms with Crippen molar-refractivity contribution in [2.24, 2.45) is 5.92 Å². The number of carbonyl (C=O) groups excluding carboxylic acids is 1. The molecule has 1 atom stereocenters. The molecule has 2 heterocycles. The first-order valence-electron chi connectivity index (χ1n) is 6.43. The molecule has 0 aromatic rings. The number of hydrogen-bond acceptors (Lipinski definition) is 3. The standard InChI is InChI=1S/C12H21N3O/c1-14-6-2-3-10(7-14)8-15-9-13-12(4-5-12)11(15)16/h10,13H,2-9H2,1H3. The third-order valence-corrected chi connectivity index (χ3v) is 4.26. The van der Waals surface area contributed by atoms with Crippen molar-refractivity contribution < 1.29 is 4.79 Å². The molecule has 1 unspecified atom stereocenters. The minimum absolute atomic E-state index is 0.111. The van der Waals surface area contributed by atoms with Gasteiger partial charge in [-0.3, -0.25) is 10.1 Å². The number of nitrogens with zero attached hydrogens (tertiary/aromatic N) is 2. The first-order chi connectivity index (χ1) is 7.70. The lowest BCUT2D eigenvalue weighted by Gasteiger charge is -2.32. The van der Waals surface area contributed by atoms with Crippen molar-refractivity contribution >= 4 is 5.91 Å². The molecule has 0 aromatic carbocycles. The van der Waals surface area contributed by atoms with Crippen molar-refractivity contribution in [1.82, 2.24) is 15.1 Å². The van der Waals surface area contributed by atoms with Crippen LogP contribution in [0.4, 0.5) is 0 Å². The first-order valence-corrected chi connectivity index (χ1v) is 6.43. The number of rotatable bonds is 2. The van der Waals surface area contributed by atoms with E-state index in [1.807, 2.05) is 4.90 Å². The lowest BCUT2D eigenvalue weighted by atomic mass is 9.98. The van der Waals surface area contributed by atoms with E-state index in [0.29, 0.717) is 11.8 Å². The van der Waals surface area contributed by atoms with Gasteiger partial charge in [-0.25, -0.2) is 0 Å². The van der Waals surface area contributed by atoms with Crippen LogP contribution in [-0.4, -0.2) is 54.6 Å². The Balaban J connectivity index is 1.57. The van der Waals surface area contributed by atoms with Crippen LogP contribution in [0, 0.1) is 5.92 Å². The molecule has 3 aliphatic rings.